The van der Waals surface area contributed by atoms with Gasteiger partial charge in [-0.25, -0.2) is 0 Å². The second-order valence-electron chi connectivity index (χ2n) is 5.85. The van der Waals surface area contributed by atoms with E-state index in [0.717, 1.165) is 36.7 Å². The Kier molecular flexibility index (Phi) is 6.24. The van der Waals surface area contributed by atoms with Crippen molar-refractivity contribution in [1.29, 1.82) is 0 Å². The van der Waals surface area contributed by atoms with E-state index in [4.69, 9.17) is 0 Å². The molecule has 0 aliphatic carbocycles. The van der Waals surface area contributed by atoms with E-state index < -0.39 is 5.97 Å². The molecule has 21 heavy (non-hydrogen) atoms. The van der Waals surface area contributed by atoms with Gasteiger partial charge < -0.3 is 5.11 Å². The number of aliphatic carboxylic acids is 1. The van der Waals surface area contributed by atoms with E-state index in [0.29, 0.717) is 12.6 Å². The molecule has 1 saturated heterocycles. The van der Waals surface area contributed by atoms with Crippen LogP contribution in [-0.4, -0.2) is 29.1 Å². The molecule has 1 aliphatic rings. The lowest BCUT2D eigenvalue weighted by atomic mass is 9.92. The molecule has 4 heteroatoms. The first-order chi connectivity index (χ1) is 10.1. The third-order valence-corrected chi connectivity index (χ3v) is 5.06. The summed E-state index contributed by atoms with van der Waals surface area (Å²) < 4.78 is 1.13. The number of halogens is 1. The normalized spacial score (nSPS) is 21.1. The molecule has 2 atom stereocenters. The second-order valence-corrected chi connectivity index (χ2v) is 6.71. The lowest BCUT2D eigenvalue weighted by Gasteiger charge is -2.37. The molecule has 2 unspecified atom stereocenters. The Bertz CT molecular complexity index is 478. The third-order valence-electron chi connectivity index (χ3n) is 4.34. The Balaban J connectivity index is 2.19. The van der Waals surface area contributed by atoms with Crippen LogP contribution in [0.5, 0.6) is 0 Å². The lowest BCUT2D eigenvalue weighted by molar-refractivity contribution is -0.144. The lowest BCUT2D eigenvalue weighted by Crippen LogP contribution is -2.41. The molecular weight excluding hydrogens is 330 g/mol. The van der Waals surface area contributed by atoms with Crippen LogP contribution in [0.2, 0.25) is 0 Å². The summed E-state index contributed by atoms with van der Waals surface area (Å²) >= 11 is 3.66. The van der Waals surface area contributed by atoms with Gasteiger partial charge in [0.05, 0.1) is 5.92 Å². The van der Waals surface area contributed by atoms with E-state index in [9.17, 15) is 9.90 Å². The van der Waals surface area contributed by atoms with Crippen molar-refractivity contribution in [3.63, 3.8) is 0 Å². The third kappa shape index (κ3) is 4.30. The summed E-state index contributed by atoms with van der Waals surface area (Å²) in [4.78, 5) is 13.7. The van der Waals surface area contributed by atoms with E-state index in [-0.39, 0.29) is 5.92 Å². The molecule has 1 aromatic rings. The molecule has 0 saturated carbocycles. The fraction of sp³-hybridized carbons (Fsp3) is 0.588. The first-order valence-electron chi connectivity index (χ1n) is 7.84. The Morgan fingerprint density at radius 3 is 2.90 bits per heavy atom. The topological polar surface area (TPSA) is 40.5 Å². The SMILES string of the molecule is CCCCC(c1ccccc1Br)N1CCCC(C(=O)O)C1. The van der Waals surface area contributed by atoms with Gasteiger partial charge in [0.15, 0.2) is 0 Å². The first kappa shape index (κ1) is 16.5. The van der Waals surface area contributed by atoms with Crippen LogP contribution in [-0.2, 0) is 4.79 Å². The van der Waals surface area contributed by atoms with Crippen LogP contribution in [0.25, 0.3) is 0 Å². The Hall–Kier alpha value is -0.870. The summed E-state index contributed by atoms with van der Waals surface area (Å²) in [5.41, 5.74) is 1.29. The van der Waals surface area contributed by atoms with Crippen LogP contribution in [0.4, 0.5) is 0 Å². The molecule has 1 heterocycles. The molecule has 1 aliphatic heterocycles. The van der Waals surface area contributed by atoms with Crippen molar-refractivity contribution in [2.24, 2.45) is 5.92 Å². The van der Waals surface area contributed by atoms with E-state index in [2.05, 4.69) is 46.0 Å². The monoisotopic (exact) mass is 353 g/mol. The van der Waals surface area contributed by atoms with Crippen LogP contribution in [0.1, 0.15) is 50.6 Å². The summed E-state index contributed by atoms with van der Waals surface area (Å²) in [5.74, 6) is -0.869. The van der Waals surface area contributed by atoms with Crippen molar-refractivity contribution in [2.75, 3.05) is 13.1 Å². The van der Waals surface area contributed by atoms with Gasteiger partial charge in [-0.15, -0.1) is 0 Å². The molecule has 0 amide bonds. The number of carboxylic acids is 1. The zero-order valence-electron chi connectivity index (χ0n) is 12.6. The van der Waals surface area contributed by atoms with Gasteiger partial charge in [0.2, 0.25) is 0 Å². The van der Waals surface area contributed by atoms with Crippen LogP contribution >= 0.6 is 15.9 Å². The van der Waals surface area contributed by atoms with Crippen LogP contribution in [0.3, 0.4) is 0 Å². The smallest absolute Gasteiger partial charge is 0.307 e. The minimum absolute atomic E-state index is 0.217. The highest BCUT2D eigenvalue weighted by Crippen LogP contribution is 2.34. The summed E-state index contributed by atoms with van der Waals surface area (Å²) in [6.45, 7) is 3.87. The fourth-order valence-corrected chi connectivity index (χ4v) is 3.72. The molecule has 1 aromatic carbocycles. The number of benzene rings is 1. The summed E-state index contributed by atoms with van der Waals surface area (Å²) in [7, 11) is 0. The molecule has 3 nitrogen and oxygen atoms in total. The minimum Gasteiger partial charge on any atom is -0.481 e. The first-order valence-corrected chi connectivity index (χ1v) is 8.64. The number of rotatable bonds is 6. The molecular formula is C17H24BrNO2. The molecule has 116 valence electrons. The zero-order chi connectivity index (χ0) is 15.2. The number of likely N-dealkylation sites (tertiary alicyclic amines) is 1. The van der Waals surface area contributed by atoms with E-state index in [1.54, 1.807) is 0 Å². The van der Waals surface area contributed by atoms with Gasteiger partial charge in [-0.05, 0) is 37.4 Å². The maximum Gasteiger partial charge on any atom is 0.307 e. The summed E-state index contributed by atoms with van der Waals surface area (Å²) in [5, 5.41) is 9.30. The number of piperidine rings is 1. The molecule has 0 radical (unpaired) electrons. The number of nitrogens with zero attached hydrogens (tertiary/aromatic N) is 1. The molecule has 0 spiro atoms. The average Bonchev–Trinajstić information content (AvgIpc) is 2.49. The van der Waals surface area contributed by atoms with Crippen molar-refractivity contribution in [3.8, 4) is 0 Å². The average molecular weight is 354 g/mol. The van der Waals surface area contributed by atoms with Crippen LogP contribution < -0.4 is 0 Å². The predicted molar refractivity (Wildman–Crippen MR) is 88.3 cm³/mol. The van der Waals surface area contributed by atoms with Crippen molar-refractivity contribution in [1.82, 2.24) is 4.90 Å². The highest BCUT2D eigenvalue weighted by molar-refractivity contribution is 9.10. The van der Waals surface area contributed by atoms with E-state index in [1.165, 1.54) is 12.0 Å². The second kappa shape index (κ2) is 7.95. The maximum atomic E-state index is 11.3. The number of hydrogen-bond donors (Lipinski definition) is 1. The number of unbranched alkanes of at least 4 members (excludes halogenated alkanes) is 1. The molecule has 2 rings (SSSR count). The Morgan fingerprint density at radius 2 is 2.24 bits per heavy atom. The molecule has 1 fully saturated rings. The van der Waals surface area contributed by atoms with Crippen LogP contribution in [0.15, 0.2) is 28.7 Å². The fourth-order valence-electron chi connectivity index (χ4n) is 3.17. The van der Waals surface area contributed by atoms with Crippen molar-refractivity contribution in [3.05, 3.63) is 34.3 Å². The highest BCUT2D eigenvalue weighted by Gasteiger charge is 2.30. The maximum absolute atomic E-state index is 11.3. The number of carbonyl (C=O) groups is 1. The van der Waals surface area contributed by atoms with Crippen LogP contribution in [0, 0.1) is 5.92 Å². The zero-order valence-corrected chi connectivity index (χ0v) is 14.2. The molecule has 0 aromatic heterocycles. The van der Waals surface area contributed by atoms with E-state index in [1.807, 2.05) is 6.07 Å². The van der Waals surface area contributed by atoms with Gasteiger partial charge in [-0.1, -0.05) is 53.9 Å². The van der Waals surface area contributed by atoms with E-state index >= 15 is 0 Å². The van der Waals surface area contributed by atoms with Gasteiger partial charge in [0.25, 0.3) is 0 Å². The predicted octanol–water partition coefficient (Wildman–Crippen LogP) is 4.48. The van der Waals surface area contributed by atoms with Gasteiger partial charge in [0.1, 0.15) is 0 Å². The number of hydrogen-bond acceptors (Lipinski definition) is 2. The summed E-state index contributed by atoms with van der Waals surface area (Å²) in [6, 6.07) is 8.66. The Morgan fingerprint density at radius 1 is 1.48 bits per heavy atom. The highest BCUT2D eigenvalue weighted by atomic mass is 79.9. The summed E-state index contributed by atoms with van der Waals surface area (Å²) in [6.07, 6.45) is 5.20. The van der Waals surface area contributed by atoms with Crippen molar-refractivity contribution >= 4 is 21.9 Å². The van der Waals surface area contributed by atoms with Gasteiger partial charge in [-0.2, -0.15) is 0 Å². The largest absolute Gasteiger partial charge is 0.481 e. The van der Waals surface area contributed by atoms with Crippen molar-refractivity contribution < 1.29 is 9.90 Å². The quantitative estimate of drug-likeness (QED) is 0.819. The Labute approximate surface area is 135 Å². The molecule has 1 N–H and O–H groups in total. The standard InChI is InChI=1S/C17H24BrNO2/c1-2-3-10-16(14-8-4-5-9-15(14)18)19-11-6-7-13(12-19)17(20)21/h4-5,8-9,13,16H,2-3,6-7,10-12H2,1H3,(H,20,21). The molecule has 0 bridgehead atoms. The van der Waals surface area contributed by atoms with Gasteiger partial charge in [-0.3, -0.25) is 9.69 Å². The van der Waals surface area contributed by atoms with Gasteiger partial charge in [0, 0.05) is 17.1 Å². The van der Waals surface area contributed by atoms with Crippen molar-refractivity contribution in [2.45, 2.75) is 45.1 Å². The minimum atomic E-state index is -0.652. The van der Waals surface area contributed by atoms with Gasteiger partial charge >= 0.3 is 5.97 Å². The number of carboxylic acid groups (broad SMARTS) is 1.